The van der Waals surface area contributed by atoms with Crippen LogP contribution in [-0.2, 0) is 0 Å². The van der Waals surface area contributed by atoms with Gasteiger partial charge in [-0.25, -0.2) is 0 Å². The summed E-state index contributed by atoms with van der Waals surface area (Å²) in [5, 5.41) is 13.3. The number of rotatable bonds is 2. The van der Waals surface area contributed by atoms with Crippen molar-refractivity contribution in [3.8, 4) is 6.07 Å². The summed E-state index contributed by atoms with van der Waals surface area (Å²) in [7, 11) is 0. The molecule has 1 aliphatic rings. The summed E-state index contributed by atoms with van der Waals surface area (Å²) in [5.74, 6) is 0.353. The number of nitriles is 1. The molecule has 17 heavy (non-hydrogen) atoms. The summed E-state index contributed by atoms with van der Waals surface area (Å²) in [6, 6.07) is 2.60. The van der Waals surface area contributed by atoms with Crippen LogP contribution in [0, 0.1) is 11.3 Å². The van der Waals surface area contributed by atoms with Crippen molar-refractivity contribution in [3.05, 3.63) is 5.56 Å². The lowest BCUT2D eigenvalue weighted by Gasteiger charge is -2.21. The Balaban J connectivity index is 2.01. The van der Waals surface area contributed by atoms with Gasteiger partial charge in [-0.15, -0.1) is 0 Å². The molecule has 1 aliphatic carbocycles. The first kappa shape index (κ1) is 12.2. The Labute approximate surface area is 106 Å². The molecule has 0 radical (unpaired) electrons. The fourth-order valence-electron chi connectivity index (χ4n) is 2.29. The van der Waals surface area contributed by atoms with Crippen LogP contribution in [0.5, 0.6) is 0 Å². The number of hydrogen-bond acceptors (Lipinski definition) is 5. The monoisotopic (exact) mass is 250 g/mol. The second-order valence-electron chi connectivity index (χ2n) is 4.57. The zero-order chi connectivity index (χ0) is 12.1. The van der Waals surface area contributed by atoms with Crippen molar-refractivity contribution >= 4 is 22.4 Å². The lowest BCUT2D eigenvalue weighted by Crippen LogP contribution is -2.20. The van der Waals surface area contributed by atoms with E-state index < -0.39 is 0 Å². The normalized spacial score (nSPS) is 18.1. The van der Waals surface area contributed by atoms with Gasteiger partial charge in [0.25, 0.3) is 0 Å². The number of hydrogen-bond donors (Lipinski definition) is 2. The van der Waals surface area contributed by atoms with E-state index in [1.807, 2.05) is 0 Å². The predicted molar refractivity (Wildman–Crippen MR) is 71.0 cm³/mol. The summed E-state index contributed by atoms with van der Waals surface area (Å²) >= 11 is 1.30. The molecule has 1 heterocycles. The van der Waals surface area contributed by atoms with Gasteiger partial charge in [0.2, 0.25) is 0 Å². The Morgan fingerprint density at radius 3 is 2.53 bits per heavy atom. The highest BCUT2D eigenvalue weighted by Crippen LogP contribution is 2.28. The molecule has 0 unspecified atom stereocenters. The number of aromatic nitrogens is 1. The smallest absolute Gasteiger partial charge is 0.157 e. The highest BCUT2D eigenvalue weighted by molar-refractivity contribution is 7.10. The highest BCUT2D eigenvalue weighted by Gasteiger charge is 2.16. The maximum atomic E-state index is 9.01. The van der Waals surface area contributed by atoms with Gasteiger partial charge in [0, 0.05) is 6.04 Å². The topological polar surface area (TPSA) is 74.7 Å². The molecule has 0 aromatic carbocycles. The minimum absolute atomic E-state index is 0.353. The van der Waals surface area contributed by atoms with Gasteiger partial charge < -0.3 is 11.1 Å². The van der Waals surface area contributed by atoms with Gasteiger partial charge in [0.05, 0.1) is 0 Å². The molecular formula is C12H18N4S. The van der Waals surface area contributed by atoms with Crippen molar-refractivity contribution in [2.24, 2.45) is 0 Å². The number of nitrogens with one attached hydrogen (secondary N) is 1. The van der Waals surface area contributed by atoms with E-state index in [1.165, 1.54) is 56.5 Å². The van der Waals surface area contributed by atoms with Gasteiger partial charge in [-0.3, -0.25) is 0 Å². The Morgan fingerprint density at radius 2 is 1.88 bits per heavy atom. The zero-order valence-corrected chi connectivity index (χ0v) is 10.7. The standard InChI is InChI=1S/C12H18N4S/c13-8-10-11(14)16-17-12(10)15-9-6-4-2-1-3-5-7-9/h9,15H,1-7H2,(H2,14,16). The van der Waals surface area contributed by atoms with Crippen molar-refractivity contribution in [1.82, 2.24) is 4.37 Å². The Kier molecular flexibility index (Phi) is 4.21. The summed E-state index contributed by atoms with van der Waals surface area (Å²) < 4.78 is 4.03. The minimum Gasteiger partial charge on any atom is -0.382 e. The molecule has 1 fully saturated rings. The van der Waals surface area contributed by atoms with Crippen LogP contribution >= 0.6 is 11.5 Å². The predicted octanol–water partition coefficient (Wildman–Crippen LogP) is 3.12. The molecule has 92 valence electrons. The van der Waals surface area contributed by atoms with E-state index in [0.717, 1.165) is 5.00 Å². The molecule has 0 spiro atoms. The summed E-state index contributed by atoms with van der Waals surface area (Å²) in [6.07, 6.45) is 8.93. The first-order valence-corrected chi connectivity index (χ1v) is 7.00. The highest BCUT2D eigenvalue weighted by atomic mass is 32.1. The van der Waals surface area contributed by atoms with Crippen molar-refractivity contribution in [2.75, 3.05) is 11.1 Å². The van der Waals surface area contributed by atoms with Crippen molar-refractivity contribution < 1.29 is 0 Å². The van der Waals surface area contributed by atoms with Crippen LogP contribution in [0.15, 0.2) is 0 Å². The molecule has 3 N–H and O–H groups in total. The van der Waals surface area contributed by atoms with Crippen molar-refractivity contribution in [3.63, 3.8) is 0 Å². The Bertz CT molecular complexity index is 399. The quantitative estimate of drug-likeness (QED) is 0.845. The summed E-state index contributed by atoms with van der Waals surface area (Å²) in [4.78, 5) is 0. The van der Waals surface area contributed by atoms with E-state index in [-0.39, 0.29) is 0 Å². The van der Waals surface area contributed by atoms with Crippen LogP contribution in [-0.4, -0.2) is 10.4 Å². The van der Waals surface area contributed by atoms with Crippen LogP contribution in [0.2, 0.25) is 0 Å². The van der Waals surface area contributed by atoms with Gasteiger partial charge in [0.15, 0.2) is 5.82 Å². The molecule has 1 aromatic heterocycles. The molecule has 4 nitrogen and oxygen atoms in total. The van der Waals surface area contributed by atoms with Gasteiger partial charge in [-0.1, -0.05) is 32.1 Å². The van der Waals surface area contributed by atoms with Gasteiger partial charge in [-0.2, -0.15) is 9.64 Å². The van der Waals surface area contributed by atoms with Crippen molar-refractivity contribution in [1.29, 1.82) is 5.26 Å². The molecule has 0 saturated heterocycles. The molecule has 1 saturated carbocycles. The van der Waals surface area contributed by atoms with Crippen LogP contribution in [0.3, 0.4) is 0 Å². The molecule has 0 amide bonds. The van der Waals surface area contributed by atoms with Gasteiger partial charge >= 0.3 is 0 Å². The van der Waals surface area contributed by atoms with Crippen LogP contribution in [0.4, 0.5) is 10.8 Å². The minimum atomic E-state index is 0.353. The number of nitrogens with zero attached hydrogens (tertiary/aromatic N) is 2. The first-order chi connectivity index (χ1) is 8.31. The average Bonchev–Trinajstić information content (AvgIpc) is 2.63. The number of nitrogen functional groups attached to an aromatic ring is 1. The Hall–Kier alpha value is -1.28. The fraction of sp³-hybridized carbons (Fsp3) is 0.667. The molecule has 0 bridgehead atoms. The van der Waals surface area contributed by atoms with Gasteiger partial charge in [-0.05, 0) is 24.4 Å². The lowest BCUT2D eigenvalue weighted by atomic mass is 9.97. The van der Waals surface area contributed by atoms with Crippen LogP contribution < -0.4 is 11.1 Å². The molecule has 0 atom stereocenters. The molecule has 1 aromatic rings. The van der Waals surface area contributed by atoms with Crippen molar-refractivity contribution in [2.45, 2.75) is 51.0 Å². The molecular weight excluding hydrogens is 232 g/mol. The maximum Gasteiger partial charge on any atom is 0.157 e. The van der Waals surface area contributed by atoms with E-state index in [4.69, 9.17) is 11.0 Å². The molecule has 5 heteroatoms. The first-order valence-electron chi connectivity index (χ1n) is 6.23. The van der Waals surface area contributed by atoms with Crippen LogP contribution in [0.1, 0.15) is 50.5 Å². The van der Waals surface area contributed by atoms with Gasteiger partial charge in [0.1, 0.15) is 16.6 Å². The third kappa shape index (κ3) is 3.10. The van der Waals surface area contributed by atoms with E-state index in [1.54, 1.807) is 0 Å². The molecule has 2 rings (SSSR count). The molecule has 0 aliphatic heterocycles. The fourth-order valence-corrected chi connectivity index (χ4v) is 3.04. The Morgan fingerprint density at radius 1 is 1.24 bits per heavy atom. The summed E-state index contributed by atoms with van der Waals surface area (Å²) in [6.45, 7) is 0. The largest absolute Gasteiger partial charge is 0.382 e. The van der Waals surface area contributed by atoms with Crippen LogP contribution in [0.25, 0.3) is 0 Å². The number of anilines is 2. The SMILES string of the molecule is N#Cc1c(N)nsc1NC1CCCCCCC1. The number of nitrogens with two attached hydrogens (primary N) is 1. The second kappa shape index (κ2) is 5.87. The third-order valence-corrected chi connectivity index (χ3v) is 4.06. The van der Waals surface area contributed by atoms with E-state index in [9.17, 15) is 0 Å². The maximum absolute atomic E-state index is 9.01. The second-order valence-corrected chi connectivity index (χ2v) is 5.34. The third-order valence-electron chi connectivity index (χ3n) is 3.27. The van der Waals surface area contributed by atoms with E-state index in [0.29, 0.717) is 17.4 Å². The average molecular weight is 250 g/mol. The lowest BCUT2D eigenvalue weighted by molar-refractivity contribution is 0.472. The zero-order valence-electron chi connectivity index (χ0n) is 9.91. The summed E-state index contributed by atoms with van der Waals surface area (Å²) in [5.41, 5.74) is 6.16. The van der Waals surface area contributed by atoms with E-state index in [2.05, 4.69) is 15.8 Å². The van der Waals surface area contributed by atoms with E-state index >= 15 is 0 Å².